The smallest absolute Gasteiger partial charge is 0.257 e. The Morgan fingerprint density at radius 3 is 2.55 bits per heavy atom. The van der Waals surface area contributed by atoms with E-state index >= 15 is 0 Å². The quantitative estimate of drug-likeness (QED) is 0.920. The molecule has 116 valence electrons. The maximum Gasteiger partial charge on any atom is 0.257 e. The molecule has 1 atom stereocenters. The zero-order valence-corrected chi connectivity index (χ0v) is 12.8. The van der Waals surface area contributed by atoms with E-state index < -0.39 is 5.82 Å². The number of hydrogen-bond acceptors (Lipinski definition) is 2. The molecule has 0 bridgehead atoms. The number of hydrogen-bond donors (Lipinski definition) is 1. The summed E-state index contributed by atoms with van der Waals surface area (Å²) in [6, 6.07) is 13.6. The lowest BCUT2D eigenvalue weighted by Gasteiger charge is -2.28. The van der Waals surface area contributed by atoms with E-state index in [0.717, 1.165) is 11.1 Å². The monoisotopic (exact) mass is 301 g/mol. The number of nitrogens with zero attached hydrogens (tertiary/aromatic N) is 1. The summed E-state index contributed by atoms with van der Waals surface area (Å²) in [5, 5.41) is 9.29. The van der Waals surface area contributed by atoms with Gasteiger partial charge in [0.05, 0.1) is 11.6 Å². The van der Waals surface area contributed by atoms with Crippen molar-refractivity contribution >= 4 is 5.91 Å². The second kappa shape index (κ2) is 7.18. The molecule has 0 aromatic heterocycles. The number of amides is 1. The van der Waals surface area contributed by atoms with Crippen molar-refractivity contribution in [3.05, 3.63) is 71.0 Å². The Morgan fingerprint density at radius 2 is 1.91 bits per heavy atom. The minimum Gasteiger partial charge on any atom is -0.396 e. The van der Waals surface area contributed by atoms with Crippen LogP contribution >= 0.6 is 0 Å². The summed E-state index contributed by atoms with van der Waals surface area (Å²) in [6.07, 6.45) is 0.402. The number of aryl methyl sites for hydroxylation is 1. The van der Waals surface area contributed by atoms with Crippen LogP contribution in [0.4, 0.5) is 4.39 Å². The second-order valence-electron chi connectivity index (χ2n) is 5.34. The SMILES string of the molecule is Cc1ccc(F)c(C(=O)N(C)C(CCO)c2ccccc2)c1. The highest BCUT2D eigenvalue weighted by molar-refractivity contribution is 5.94. The molecule has 1 unspecified atom stereocenters. The zero-order chi connectivity index (χ0) is 16.1. The molecule has 0 heterocycles. The Morgan fingerprint density at radius 1 is 1.23 bits per heavy atom. The summed E-state index contributed by atoms with van der Waals surface area (Å²) in [5.41, 5.74) is 1.80. The van der Waals surface area contributed by atoms with Gasteiger partial charge in [0.1, 0.15) is 5.82 Å². The lowest BCUT2D eigenvalue weighted by atomic mass is 10.0. The number of carbonyl (C=O) groups excluding carboxylic acids is 1. The second-order valence-corrected chi connectivity index (χ2v) is 5.34. The molecule has 3 nitrogen and oxygen atoms in total. The molecule has 4 heteroatoms. The molecule has 0 saturated heterocycles. The van der Waals surface area contributed by atoms with E-state index in [-0.39, 0.29) is 24.1 Å². The molecular formula is C18H20FNO2. The predicted octanol–water partition coefficient (Wildman–Crippen LogP) is 3.33. The molecule has 0 aliphatic carbocycles. The fourth-order valence-electron chi connectivity index (χ4n) is 2.52. The topological polar surface area (TPSA) is 40.5 Å². The maximum atomic E-state index is 13.9. The van der Waals surface area contributed by atoms with Gasteiger partial charge in [0.25, 0.3) is 5.91 Å². The predicted molar refractivity (Wildman–Crippen MR) is 84.1 cm³/mol. The Bertz CT molecular complexity index is 643. The normalized spacial score (nSPS) is 12.0. The molecule has 0 aliphatic rings. The van der Waals surface area contributed by atoms with E-state index in [4.69, 9.17) is 0 Å². The van der Waals surface area contributed by atoms with Crippen LogP contribution in [0.5, 0.6) is 0 Å². The van der Waals surface area contributed by atoms with Gasteiger partial charge in [-0.15, -0.1) is 0 Å². The van der Waals surface area contributed by atoms with Gasteiger partial charge in [0.15, 0.2) is 0 Å². The first-order valence-corrected chi connectivity index (χ1v) is 7.23. The van der Waals surface area contributed by atoms with Gasteiger partial charge < -0.3 is 10.0 Å². The van der Waals surface area contributed by atoms with Gasteiger partial charge in [-0.05, 0) is 31.0 Å². The van der Waals surface area contributed by atoms with E-state index in [1.807, 2.05) is 37.3 Å². The molecule has 1 amide bonds. The van der Waals surface area contributed by atoms with Crippen LogP contribution in [0.15, 0.2) is 48.5 Å². The van der Waals surface area contributed by atoms with E-state index in [1.54, 1.807) is 19.2 Å². The molecule has 1 N–H and O–H groups in total. The lowest BCUT2D eigenvalue weighted by Crippen LogP contribution is -2.32. The fourth-order valence-corrected chi connectivity index (χ4v) is 2.52. The summed E-state index contributed by atoms with van der Waals surface area (Å²) in [4.78, 5) is 14.1. The largest absolute Gasteiger partial charge is 0.396 e. The first kappa shape index (κ1) is 16.2. The molecule has 2 rings (SSSR count). The minimum atomic E-state index is -0.529. The number of aliphatic hydroxyl groups excluding tert-OH is 1. The Balaban J connectivity index is 2.32. The van der Waals surface area contributed by atoms with Crippen molar-refractivity contribution in [1.82, 2.24) is 4.90 Å². The molecule has 2 aromatic rings. The van der Waals surface area contributed by atoms with Crippen LogP contribution in [-0.4, -0.2) is 29.6 Å². The number of rotatable bonds is 5. The van der Waals surface area contributed by atoms with Crippen molar-refractivity contribution in [3.63, 3.8) is 0 Å². The molecule has 0 spiro atoms. The average molecular weight is 301 g/mol. The van der Waals surface area contributed by atoms with Crippen LogP contribution < -0.4 is 0 Å². The summed E-state index contributed by atoms with van der Waals surface area (Å²) < 4.78 is 13.9. The van der Waals surface area contributed by atoms with Crippen molar-refractivity contribution < 1.29 is 14.3 Å². The van der Waals surface area contributed by atoms with Crippen LogP contribution in [-0.2, 0) is 0 Å². The van der Waals surface area contributed by atoms with E-state index in [0.29, 0.717) is 6.42 Å². The summed E-state index contributed by atoms with van der Waals surface area (Å²) in [5.74, 6) is -0.915. The molecule has 0 aliphatic heterocycles. The average Bonchev–Trinajstić information content (AvgIpc) is 2.54. The van der Waals surface area contributed by atoms with Crippen LogP contribution in [0.25, 0.3) is 0 Å². The molecule has 2 aromatic carbocycles. The Hall–Kier alpha value is -2.20. The standard InChI is InChI=1S/C18H20FNO2/c1-13-8-9-16(19)15(12-13)18(22)20(2)17(10-11-21)14-6-4-3-5-7-14/h3-9,12,17,21H,10-11H2,1-2H3. The first-order valence-electron chi connectivity index (χ1n) is 7.23. The number of aliphatic hydroxyl groups is 1. The van der Waals surface area contributed by atoms with Gasteiger partial charge in [0, 0.05) is 13.7 Å². The Kier molecular flexibility index (Phi) is 5.28. The fraction of sp³-hybridized carbons (Fsp3) is 0.278. The molecule has 0 saturated carbocycles. The highest BCUT2D eigenvalue weighted by Gasteiger charge is 2.24. The minimum absolute atomic E-state index is 0.0481. The van der Waals surface area contributed by atoms with Gasteiger partial charge in [0.2, 0.25) is 0 Å². The number of halogens is 1. The van der Waals surface area contributed by atoms with E-state index in [1.165, 1.54) is 11.0 Å². The van der Waals surface area contributed by atoms with E-state index in [2.05, 4.69) is 0 Å². The van der Waals surface area contributed by atoms with Crippen molar-refractivity contribution in [2.45, 2.75) is 19.4 Å². The van der Waals surface area contributed by atoms with E-state index in [9.17, 15) is 14.3 Å². The highest BCUT2D eigenvalue weighted by Crippen LogP contribution is 2.25. The molecule has 0 fully saturated rings. The van der Waals surface area contributed by atoms with Crippen molar-refractivity contribution in [3.8, 4) is 0 Å². The van der Waals surface area contributed by atoms with Crippen molar-refractivity contribution in [2.75, 3.05) is 13.7 Å². The van der Waals surface area contributed by atoms with Crippen LogP contribution in [0.3, 0.4) is 0 Å². The summed E-state index contributed by atoms with van der Waals surface area (Å²) >= 11 is 0. The molecule has 22 heavy (non-hydrogen) atoms. The van der Waals surface area contributed by atoms with Crippen LogP contribution in [0.2, 0.25) is 0 Å². The van der Waals surface area contributed by atoms with Crippen molar-refractivity contribution in [2.24, 2.45) is 0 Å². The summed E-state index contributed by atoms with van der Waals surface area (Å²) in [6.45, 7) is 1.77. The maximum absolute atomic E-state index is 13.9. The Labute approximate surface area is 130 Å². The zero-order valence-electron chi connectivity index (χ0n) is 12.8. The van der Waals surface area contributed by atoms with Gasteiger partial charge >= 0.3 is 0 Å². The van der Waals surface area contributed by atoms with Gasteiger partial charge in [-0.1, -0.05) is 42.0 Å². The van der Waals surface area contributed by atoms with Crippen LogP contribution in [0, 0.1) is 12.7 Å². The molecular weight excluding hydrogens is 281 g/mol. The van der Waals surface area contributed by atoms with Crippen molar-refractivity contribution in [1.29, 1.82) is 0 Å². The lowest BCUT2D eigenvalue weighted by molar-refractivity contribution is 0.0700. The molecule has 0 radical (unpaired) electrons. The van der Waals surface area contributed by atoms with Gasteiger partial charge in [-0.3, -0.25) is 4.79 Å². The summed E-state index contributed by atoms with van der Waals surface area (Å²) in [7, 11) is 1.64. The third-order valence-corrected chi connectivity index (χ3v) is 3.73. The third kappa shape index (κ3) is 3.52. The number of benzene rings is 2. The van der Waals surface area contributed by atoms with Gasteiger partial charge in [-0.2, -0.15) is 0 Å². The van der Waals surface area contributed by atoms with Crippen LogP contribution in [0.1, 0.15) is 33.9 Å². The number of carbonyl (C=O) groups is 1. The first-order chi connectivity index (χ1) is 10.5. The highest BCUT2D eigenvalue weighted by atomic mass is 19.1. The van der Waals surface area contributed by atoms with Gasteiger partial charge in [-0.25, -0.2) is 4.39 Å². The third-order valence-electron chi connectivity index (χ3n) is 3.73.